The van der Waals surface area contributed by atoms with Gasteiger partial charge in [0, 0.05) is 12.6 Å². The average molecular weight is 289 g/mol. The standard InChI is InChI=1S/C16H23N3O2/c1-11-3-4-13(12(2)9-11)7-8-17-16(21)18-10-15(20)19-14-5-6-14/h3-4,9,14H,5-8,10H2,1-2H3,(H,19,20)(H2,17,18,21). The van der Waals surface area contributed by atoms with Crippen molar-refractivity contribution >= 4 is 11.9 Å². The Morgan fingerprint density at radius 1 is 1.19 bits per heavy atom. The van der Waals surface area contributed by atoms with E-state index in [4.69, 9.17) is 0 Å². The maximum Gasteiger partial charge on any atom is 0.315 e. The third-order valence-corrected chi connectivity index (χ3v) is 3.53. The molecule has 3 amide bonds. The van der Waals surface area contributed by atoms with Crippen LogP contribution >= 0.6 is 0 Å². The fourth-order valence-electron chi connectivity index (χ4n) is 2.17. The molecular formula is C16H23N3O2. The van der Waals surface area contributed by atoms with Crippen molar-refractivity contribution < 1.29 is 9.59 Å². The normalized spacial score (nSPS) is 13.6. The maximum atomic E-state index is 11.6. The van der Waals surface area contributed by atoms with Crippen molar-refractivity contribution in [2.75, 3.05) is 13.1 Å². The van der Waals surface area contributed by atoms with E-state index in [1.54, 1.807) is 0 Å². The van der Waals surface area contributed by atoms with Crippen molar-refractivity contribution in [1.82, 2.24) is 16.0 Å². The maximum absolute atomic E-state index is 11.6. The van der Waals surface area contributed by atoms with E-state index in [9.17, 15) is 9.59 Å². The average Bonchev–Trinajstić information content (AvgIpc) is 3.23. The summed E-state index contributed by atoms with van der Waals surface area (Å²) in [6, 6.07) is 6.33. The molecule has 0 aliphatic heterocycles. The zero-order valence-electron chi connectivity index (χ0n) is 12.7. The van der Waals surface area contributed by atoms with Crippen molar-refractivity contribution in [2.24, 2.45) is 0 Å². The molecule has 0 bridgehead atoms. The number of hydrogen-bond acceptors (Lipinski definition) is 2. The van der Waals surface area contributed by atoms with Crippen LogP contribution in [0.15, 0.2) is 18.2 Å². The summed E-state index contributed by atoms with van der Waals surface area (Å²) >= 11 is 0. The van der Waals surface area contributed by atoms with Gasteiger partial charge in [-0.15, -0.1) is 0 Å². The summed E-state index contributed by atoms with van der Waals surface area (Å²) in [5.41, 5.74) is 3.71. The minimum absolute atomic E-state index is 0.0336. The molecule has 0 saturated heterocycles. The van der Waals surface area contributed by atoms with E-state index in [1.807, 2.05) is 0 Å². The zero-order chi connectivity index (χ0) is 15.2. The second-order valence-electron chi connectivity index (χ2n) is 5.63. The summed E-state index contributed by atoms with van der Waals surface area (Å²) in [4.78, 5) is 23.0. The smallest absolute Gasteiger partial charge is 0.315 e. The highest BCUT2D eigenvalue weighted by Gasteiger charge is 2.23. The molecule has 1 aromatic rings. The van der Waals surface area contributed by atoms with Gasteiger partial charge in [0.25, 0.3) is 0 Å². The van der Waals surface area contributed by atoms with E-state index >= 15 is 0 Å². The minimum atomic E-state index is -0.300. The van der Waals surface area contributed by atoms with Crippen LogP contribution < -0.4 is 16.0 Å². The van der Waals surface area contributed by atoms with Gasteiger partial charge in [-0.2, -0.15) is 0 Å². The first kappa shape index (κ1) is 15.4. The lowest BCUT2D eigenvalue weighted by Gasteiger charge is -2.09. The second-order valence-corrected chi connectivity index (χ2v) is 5.63. The largest absolute Gasteiger partial charge is 0.352 e. The first-order chi connectivity index (χ1) is 10.0. The number of carbonyl (C=O) groups excluding carboxylic acids is 2. The Morgan fingerprint density at radius 2 is 1.95 bits per heavy atom. The number of nitrogens with one attached hydrogen (secondary N) is 3. The van der Waals surface area contributed by atoms with Crippen LogP contribution in [0.3, 0.4) is 0 Å². The first-order valence-corrected chi connectivity index (χ1v) is 7.42. The summed E-state index contributed by atoms with van der Waals surface area (Å²) in [5, 5.41) is 8.15. The van der Waals surface area contributed by atoms with Crippen molar-refractivity contribution in [1.29, 1.82) is 0 Å². The summed E-state index contributed by atoms with van der Waals surface area (Å²) in [5.74, 6) is -0.123. The number of hydrogen-bond donors (Lipinski definition) is 3. The lowest BCUT2D eigenvalue weighted by molar-refractivity contribution is -0.120. The molecule has 1 fully saturated rings. The van der Waals surface area contributed by atoms with Crippen LogP contribution in [0, 0.1) is 13.8 Å². The molecule has 0 heterocycles. The molecule has 0 spiro atoms. The fraction of sp³-hybridized carbons (Fsp3) is 0.500. The molecule has 1 aliphatic carbocycles. The van der Waals surface area contributed by atoms with Crippen molar-refractivity contribution in [3.05, 3.63) is 34.9 Å². The minimum Gasteiger partial charge on any atom is -0.352 e. The highest BCUT2D eigenvalue weighted by atomic mass is 16.2. The van der Waals surface area contributed by atoms with Crippen LogP contribution in [0.4, 0.5) is 4.79 Å². The first-order valence-electron chi connectivity index (χ1n) is 7.42. The molecule has 5 nitrogen and oxygen atoms in total. The molecule has 0 aromatic heterocycles. The van der Waals surface area contributed by atoms with Crippen molar-refractivity contribution in [2.45, 2.75) is 39.2 Å². The predicted molar refractivity (Wildman–Crippen MR) is 82.2 cm³/mol. The van der Waals surface area contributed by atoms with E-state index in [-0.39, 0.29) is 18.5 Å². The topological polar surface area (TPSA) is 70.2 Å². The molecule has 21 heavy (non-hydrogen) atoms. The Balaban J connectivity index is 1.63. The van der Waals surface area contributed by atoms with Crippen LogP contribution in [-0.4, -0.2) is 31.1 Å². The Morgan fingerprint density at radius 3 is 2.62 bits per heavy atom. The summed E-state index contributed by atoms with van der Waals surface area (Å²) in [6.07, 6.45) is 2.88. The van der Waals surface area contributed by atoms with Gasteiger partial charge in [0.15, 0.2) is 0 Å². The van der Waals surface area contributed by atoms with Gasteiger partial charge in [0.2, 0.25) is 5.91 Å². The summed E-state index contributed by atoms with van der Waals surface area (Å²) in [6.45, 7) is 4.73. The number of amides is 3. The fourth-order valence-corrected chi connectivity index (χ4v) is 2.17. The Bertz CT molecular complexity index is 524. The summed E-state index contributed by atoms with van der Waals surface area (Å²) < 4.78 is 0. The van der Waals surface area contributed by atoms with E-state index in [0.29, 0.717) is 12.6 Å². The van der Waals surface area contributed by atoms with Gasteiger partial charge in [-0.3, -0.25) is 4.79 Å². The van der Waals surface area contributed by atoms with E-state index < -0.39 is 0 Å². The lowest BCUT2D eigenvalue weighted by atomic mass is 10.0. The van der Waals surface area contributed by atoms with Crippen LogP contribution in [0.25, 0.3) is 0 Å². The van der Waals surface area contributed by atoms with Gasteiger partial charge in [-0.05, 0) is 44.2 Å². The molecule has 1 aromatic carbocycles. The molecule has 2 rings (SSSR count). The Labute approximate surface area is 125 Å². The van der Waals surface area contributed by atoms with E-state index in [0.717, 1.165) is 19.3 Å². The molecule has 1 saturated carbocycles. The lowest BCUT2D eigenvalue weighted by Crippen LogP contribution is -2.43. The van der Waals surface area contributed by atoms with Gasteiger partial charge in [-0.1, -0.05) is 23.8 Å². The zero-order valence-corrected chi connectivity index (χ0v) is 12.7. The highest BCUT2D eigenvalue weighted by molar-refractivity contribution is 5.84. The van der Waals surface area contributed by atoms with Crippen LogP contribution in [0.2, 0.25) is 0 Å². The SMILES string of the molecule is Cc1ccc(CCNC(=O)NCC(=O)NC2CC2)c(C)c1. The molecular weight excluding hydrogens is 266 g/mol. The molecule has 0 radical (unpaired) electrons. The number of carbonyl (C=O) groups is 2. The van der Waals surface area contributed by atoms with Crippen molar-refractivity contribution in [3.8, 4) is 0 Å². The van der Waals surface area contributed by atoms with E-state index in [2.05, 4.69) is 48.0 Å². The second kappa shape index (κ2) is 7.11. The van der Waals surface area contributed by atoms with Crippen LogP contribution in [0.1, 0.15) is 29.5 Å². The van der Waals surface area contributed by atoms with Gasteiger partial charge in [0.05, 0.1) is 6.54 Å². The molecule has 1 aliphatic rings. The molecule has 5 heteroatoms. The van der Waals surface area contributed by atoms with E-state index in [1.165, 1.54) is 16.7 Å². The van der Waals surface area contributed by atoms with Crippen molar-refractivity contribution in [3.63, 3.8) is 0 Å². The third kappa shape index (κ3) is 5.45. The monoisotopic (exact) mass is 289 g/mol. The quantitative estimate of drug-likeness (QED) is 0.741. The number of urea groups is 1. The van der Waals surface area contributed by atoms with Gasteiger partial charge in [0.1, 0.15) is 0 Å². The van der Waals surface area contributed by atoms with Gasteiger partial charge in [-0.25, -0.2) is 4.79 Å². The van der Waals surface area contributed by atoms with Gasteiger partial charge < -0.3 is 16.0 Å². The summed E-state index contributed by atoms with van der Waals surface area (Å²) in [7, 11) is 0. The van der Waals surface area contributed by atoms with Gasteiger partial charge >= 0.3 is 6.03 Å². The highest BCUT2D eigenvalue weighted by Crippen LogP contribution is 2.18. The number of aryl methyl sites for hydroxylation is 2. The number of rotatable bonds is 6. The Hall–Kier alpha value is -2.04. The van der Waals surface area contributed by atoms with Crippen LogP contribution in [-0.2, 0) is 11.2 Å². The molecule has 0 atom stereocenters. The number of benzene rings is 1. The molecule has 0 unspecified atom stereocenters. The molecule has 3 N–H and O–H groups in total. The third-order valence-electron chi connectivity index (χ3n) is 3.53. The molecule has 114 valence electrons. The van der Waals surface area contributed by atoms with Crippen LogP contribution in [0.5, 0.6) is 0 Å². The Kier molecular flexibility index (Phi) is 5.20. The predicted octanol–water partition coefficient (Wildman–Crippen LogP) is 1.42.